The van der Waals surface area contributed by atoms with E-state index in [-0.39, 0.29) is 18.8 Å². The van der Waals surface area contributed by atoms with E-state index in [1.54, 1.807) is 23.2 Å². The normalized spacial score (nSPS) is 17.5. The molecule has 6 nitrogen and oxygen atoms in total. The zero-order valence-corrected chi connectivity index (χ0v) is 20.5. The van der Waals surface area contributed by atoms with Crippen molar-refractivity contribution in [1.29, 1.82) is 0 Å². The van der Waals surface area contributed by atoms with Crippen molar-refractivity contribution in [3.05, 3.63) is 86.0 Å². The molecule has 1 aromatic heterocycles. The van der Waals surface area contributed by atoms with E-state index < -0.39 is 70.3 Å². The molecule has 0 spiro atoms. The van der Waals surface area contributed by atoms with Gasteiger partial charge in [-0.05, 0) is 36.6 Å². The fourth-order valence-electron chi connectivity index (χ4n) is 4.03. The van der Waals surface area contributed by atoms with E-state index in [0.29, 0.717) is 23.9 Å². The first-order chi connectivity index (χ1) is 18.2. The third kappa shape index (κ3) is 6.77. The fourth-order valence-corrected chi connectivity index (χ4v) is 4.24. The third-order valence-electron chi connectivity index (χ3n) is 6.09. The van der Waals surface area contributed by atoms with Crippen LogP contribution in [0.25, 0.3) is 11.4 Å². The number of carbonyl (C=O) groups is 1. The van der Waals surface area contributed by atoms with Gasteiger partial charge in [0.25, 0.3) is 5.56 Å². The van der Waals surface area contributed by atoms with Crippen LogP contribution < -0.4 is 10.9 Å². The first-order valence-corrected chi connectivity index (χ1v) is 11.8. The number of nitrogens with zero attached hydrogens (tertiary/aromatic N) is 1. The van der Waals surface area contributed by atoms with Gasteiger partial charge in [0.15, 0.2) is 5.69 Å². The number of H-pyrrole nitrogens is 1. The van der Waals surface area contributed by atoms with Crippen LogP contribution in [0.1, 0.15) is 35.2 Å². The van der Waals surface area contributed by atoms with Crippen LogP contribution in [0, 0.1) is 11.7 Å². The van der Waals surface area contributed by atoms with Gasteiger partial charge < -0.3 is 15.0 Å². The van der Waals surface area contributed by atoms with Crippen molar-refractivity contribution in [2.45, 2.75) is 44.4 Å². The maximum absolute atomic E-state index is 15.3. The Morgan fingerprint density at radius 3 is 2.44 bits per heavy atom. The number of benzene rings is 2. The summed E-state index contributed by atoms with van der Waals surface area (Å²) in [5.41, 5.74) is -5.81. The SMILES string of the molecule is O=c1cc(C(F)(F)F)nc(-c2c(C(F)(F)F)ccc(CNC(=O)[C@H]3C[C@@H](OCc4cccc(Cl)c4)C3)c2F)[nH]1. The number of hydrogen-bond acceptors (Lipinski definition) is 4. The average molecular weight is 578 g/mol. The van der Waals surface area contributed by atoms with Crippen molar-refractivity contribution in [2.75, 3.05) is 0 Å². The Bertz CT molecular complexity index is 1430. The van der Waals surface area contributed by atoms with Crippen molar-refractivity contribution < 1.29 is 40.3 Å². The zero-order chi connectivity index (χ0) is 28.5. The molecule has 208 valence electrons. The van der Waals surface area contributed by atoms with E-state index in [0.717, 1.165) is 11.6 Å². The van der Waals surface area contributed by atoms with Crippen LogP contribution in [0.5, 0.6) is 0 Å². The summed E-state index contributed by atoms with van der Waals surface area (Å²) in [6.07, 6.45) is -9.83. The molecule has 0 unspecified atom stereocenters. The van der Waals surface area contributed by atoms with Crippen LogP contribution in [0.4, 0.5) is 30.7 Å². The number of aromatic amines is 1. The van der Waals surface area contributed by atoms with Crippen molar-refractivity contribution in [3.8, 4) is 11.4 Å². The standard InChI is InChI=1S/C25H19ClF7N3O3/c26-15-3-1-2-12(6-15)11-39-16-7-14(8-16)23(38)34-10-13-4-5-17(24(28,29)30)20(21(13)27)22-35-18(25(31,32)33)9-19(37)36-22/h1-6,9,14,16H,7-8,10-11H2,(H,34,38)(H,35,36,37)/t14-,16+. The Morgan fingerprint density at radius 2 is 1.79 bits per heavy atom. The van der Waals surface area contributed by atoms with E-state index in [9.17, 15) is 35.9 Å². The molecule has 0 bridgehead atoms. The second kappa shape index (κ2) is 11.0. The monoisotopic (exact) mass is 577 g/mol. The van der Waals surface area contributed by atoms with Gasteiger partial charge >= 0.3 is 12.4 Å². The number of ether oxygens (including phenoxy) is 1. The largest absolute Gasteiger partial charge is 0.433 e. The van der Waals surface area contributed by atoms with Gasteiger partial charge in [-0.3, -0.25) is 9.59 Å². The highest BCUT2D eigenvalue weighted by molar-refractivity contribution is 6.30. The maximum atomic E-state index is 15.3. The molecule has 1 aliphatic carbocycles. The molecule has 3 aromatic rings. The van der Waals surface area contributed by atoms with Crippen LogP contribution in [-0.2, 0) is 35.0 Å². The Hall–Kier alpha value is -3.45. The fraction of sp³-hybridized carbons (Fsp3) is 0.320. The van der Waals surface area contributed by atoms with E-state index in [1.807, 2.05) is 6.07 Å². The van der Waals surface area contributed by atoms with E-state index in [1.165, 1.54) is 0 Å². The molecule has 0 aliphatic heterocycles. The van der Waals surface area contributed by atoms with Crippen molar-refractivity contribution in [2.24, 2.45) is 5.92 Å². The van der Waals surface area contributed by atoms with E-state index >= 15 is 4.39 Å². The second-order valence-electron chi connectivity index (χ2n) is 8.89. The van der Waals surface area contributed by atoms with Crippen LogP contribution >= 0.6 is 11.6 Å². The number of rotatable bonds is 7. The van der Waals surface area contributed by atoms with Gasteiger partial charge in [-0.2, -0.15) is 26.3 Å². The molecule has 1 fully saturated rings. The number of alkyl halides is 6. The van der Waals surface area contributed by atoms with Crippen LogP contribution in [0.2, 0.25) is 5.02 Å². The van der Waals surface area contributed by atoms with Crippen LogP contribution in [0.3, 0.4) is 0 Å². The number of nitrogens with one attached hydrogen (secondary N) is 2. The lowest BCUT2D eigenvalue weighted by atomic mass is 9.81. The molecule has 2 aromatic carbocycles. The minimum Gasteiger partial charge on any atom is -0.373 e. The molecule has 0 atom stereocenters. The predicted molar refractivity (Wildman–Crippen MR) is 125 cm³/mol. The average Bonchev–Trinajstić information content (AvgIpc) is 2.80. The minimum absolute atomic E-state index is 0.0450. The Morgan fingerprint density at radius 1 is 1.08 bits per heavy atom. The number of carbonyl (C=O) groups excluding carboxylic acids is 1. The highest BCUT2D eigenvalue weighted by Crippen LogP contribution is 2.39. The smallest absolute Gasteiger partial charge is 0.373 e. The van der Waals surface area contributed by atoms with Crippen molar-refractivity contribution in [1.82, 2.24) is 15.3 Å². The summed E-state index contributed by atoms with van der Waals surface area (Å²) in [5, 5.41) is 2.97. The molecule has 1 heterocycles. The lowest BCUT2D eigenvalue weighted by Crippen LogP contribution is -2.42. The topological polar surface area (TPSA) is 84.1 Å². The van der Waals surface area contributed by atoms with Gasteiger partial charge in [-0.25, -0.2) is 9.37 Å². The highest BCUT2D eigenvalue weighted by Gasteiger charge is 2.39. The summed E-state index contributed by atoms with van der Waals surface area (Å²) < 4.78 is 101. The Balaban J connectivity index is 1.46. The number of amides is 1. The van der Waals surface area contributed by atoms with Gasteiger partial charge in [0.1, 0.15) is 11.6 Å². The molecule has 0 radical (unpaired) electrons. The Labute approximate surface area is 221 Å². The van der Waals surface area contributed by atoms with Gasteiger partial charge in [-0.15, -0.1) is 0 Å². The number of hydrogen-bond donors (Lipinski definition) is 2. The van der Waals surface area contributed by atoms with Gasteiger partial charge in [0.05, 0.1) is 23.8 Å². The molecule has 2 N–H and O–H groups in total. The van der Waals surface area contributed by atoms with E-state index in [4.69, 9.17) is 16.3 Å². The first kappa shape index (κ1) is 28.6. The number of aromatic nitrogens is 2. The molecule has 1 aliphatic rings. The molecule has 4 rings (SSSR count). The lowest BCUT2D eigenvalue weighted by molar-refractivity contribution is -0.141. The van der Waals surface area contributed by atoms with Crippen LogP contribution in [-0.4, -0.2) is 22.0 Å². The summed E-state index contributed by atoms with van der Waals surface area (Å²) >= 11 is 5.92. The third-order valence-corrected chi connectivity index (χ3v) is 6.32. The summed E-state index contributed by atoms with van der Waals surface area (Å²) in [7, 11) is 0. The molecular formula is C25H19ClF7N3O3. The Kier molecular flexibility index (Phi) is 8.03. The number of halogens is 8. The first-order valence-electron chi connectivity index (χ1n) is 11.4. The van der Waals surface area contributed by atoms with Crippen LogP contribution in [0.15, 0.2) is 47.3 Å². The summed E-state index contributed by atoms with van der Waals surface area (Å²) in [5.74, 6) is -3.80. The minimum atomic E-state index is -5.18. The molecule has 0 saturated heterocycles. The van der Waals surface area contributed by atoms with Gasteiger partial charge in [0.2, 0.25) is 5.91 Å². The second-order valence-corrected chi connectivity index (χ2v) is 9.32. The quantitative estimate of drug-likeness (QED) is 0.344. The lowest BCUT2D eigenvalue weighted by Gasteiger charge is -2.34. The molecule has 1 saturated carbocycles. The molecule has 1 amide bonds. The van der Waals surface area contributed by atoms with E-state index in [2.05, 4.69) is 10.3 Å². The summed E-state index contributed by atoms with van der Waals surface area (Å²) in [6, 6.07) is 8.29. The van der Waals surface area contributed by atoms with Crippen molar-refractivity contribution in [3.63, 3.8) is 0 Å². The van der Waals surface area contributed by atoms with Gasteiger partial charge in [-0.1, -0.05) is 29.8 Å². The molecular weight excluding hydrogens is 559 g/mol. The predicted octanol–water partition coefficient (Wildman–Crippen LogP) is 5.88. The van der Waals surface area contributed by atoms with Crippen molar-refractivity contribution >= 4 is 17.5 Å². The molecule has 39 heavy (non-hydrogen) atoms. The zero-order valence-electron chi connectivity index (χ0n) is 19.7. The highest BCUT2D eigenvalue weighted by atomic mass is 35.5. The maximum Gasteiger partial charge on any atom is 0.433 e. The molecule has 14 heteroatoms. The summed E-state index contributed by atoms with van der Waals surface area (Å²) in [4.78, 5) is 29.0. The van der Waals surface area contributed by atoms with Gasteiger partial charge in [0, 0.05) is 29.1 Å². The summed E-state index contributed by atoms with van der Waals surface area (Å²) in [6.45, 7) is -0.270.